The second-order valence-corrected chi connectivity index (χ2v) is 7.74. The Morgan fingerprint density at radius 3 is 2.55 bits per heavy atom. The number of aryl methyl sites for hydroxylation is 1. The van der Waals surface area contributed by atoms with Gasteiger partial charge in [-0.2, -0.15) is 4.98 Å². The van der Waals surface area contributed by atoms with E-state index < -0.39 is 6.04 Å². The number of hydrogen-bond donors (Lipinski definition) is 2. The summed E-state index contributed by atoms with van der Waals surface area (Å²) < 4.78 is 13.1. The van der Waals surface area contributed by atoms with Gasteiger partial charge < -0.3 is 19.8 Å². The van der Waals surface area contributed by atoms with Gasteiger partial charge in [0.15, 0.2) is 5.82 Å². The minimum absolute atomic E-state index is 0.286. The molecule has 166 valence electrons. The summed E-state index contributed by atoms with van der Waals surface area (Å²) in [6, 6.07) is 20.1. The van der Waals surface area contributed by atoms with Crippen molar-refractivity contribution in [2.75, 3.05) is 17.7 Å². The van der Waals surface area contributed by atoms with Crippen LogP contribution in [0.25, 0.3) is 11.4 Å². The van der Waals surface area contributed by atoms with Crippen LogP contribution >= 0.6 is 0 Å². The molecule has 5 rings (SSSR count). The Hall–Kier alpha value is -4.33. The van der Waals surface area contributed by atoms with Crippen molar-refractivity contribution in [3.05, 3.63) is 89.5 Å². The van der Waals surface area contributed by atoms with Crippen molar-refractivity contribution in [2.24, 2.45) is 0 Å². The highest BCUT2D eigenvalue weighted by molar-refractivity contribution is 6.06. The molecule has 0 spiro atoms. The van der Waals surface area contributed by atoms with E-state index in [2.05, 4.69) is 15.6 Å². The number of fused-ring (bicyclic) bond motifs is 1. The molecule has 2 aromatic heterocycles. The summed E-state index contributed by atoms with van der Waals surface area (Å²) in [6.07, 6.45) is 0. The van der Waals surface area contributed by atoms with Crippen molar-refractivity contribution in [1.29, 1.82) is 0 Å². The first-order chi connectivity index (χ1) is 16.0. The first-order valence-corrected chi connectivity index (χ1v) is 10.6. The fraction of sp³-hybridized carbons (Fsp3) is 0.160. The second-order valence-electron chi connectivity index (χ2n) is 7.74. The van der Waals surface area contributed by atoms with Gasteiger partial charge in [0.25, 0.3) is 5.91 Å². The highest BCUT2D eigenvalue weighted by Gasteiger charge is 2.36. The molecule has 1 atom stereocenters. The van der Waals surface area contributed by atoms with E-state index in [9.17, 15) is 4.79 Å². The number of furan rings is 1. The summed E-state index contributed by atoms with van der Waals surface area (Å²) in [6.45, 7) is 3.72. The van der Waals surface area contributed by atoms with Gasteiger partial charge in [0, 0.05) is 11.3 Å². The number of aromatic nitrogens is 3. The normalized spacial score (nSPS) is 15.1. The Kier molecular flexibility index (Phi) is 5.18. The molecule has 1 amide bonds. The van der Waals surface area contributed by atoms with Crippen LogP contribution in [0.15, 0.2) is 82.4 Å². The lowest BCUT2D eigenvalue weighted by atomic mass is 10.00. The lowest BCUT2D eigenvalue weighted by Crippen LogP contribution is -2.31. The van der Waals surface area contributed by atoms with Gasteiger partial charge in [-0.3, -0.25) is 4.79 Å². The monoisotopic (exact) mass is 441 g/mol. The Labute approximate surface area is 190 Å². The van der Waals surface area contributed by atoms with Gasteiger partial charge in [-0.15, -0.1) is 5.10 Å². The zero-order valence-electron chi connectivity index (χ0n) is 18.5. The van der Waals surface area contributed by atoms with E-state index in [4.69, 9.17) is 14.3 Å². The molecule has 2 N–H and O–H groups in total. The Balaban J connectivity index is 1.59. The molecule has 0 radical (unpaired) electrons. The van der Waals surface area contributed by atoms with E-state index in [0.29, 0.717) is 40.2 Å². The molecule has 0 saturated heterocycles. The molecule has 4 aromatic rings. The second kappa shape index (κ2) is 8.31. The standard InChI is InChI=1S/C25H23N5O3/c1-15-13-14-20(33-15)22-21(24(31)27-18-11-7-8-12-19(18)32-3)16(2)26-25-28-23(29-30(22)25)17-9-5-4-6-10-17/h4-14,22H,1-3H3,(H,27,31)(H,26,28,29)/t22-/m0/s1. The summed E-state index contributed by atoms with van der Waals surface area (Å²) >= 11 is 0. The maximum Gasteiger partial charge on any atom is 0.256 e. The van der Waals surface area contributed by atoms with Gasteiger partial charge in [0.2, 0.25) is 5.95 Å². The number of carbonyl (C=O) groups excluding carboxylic acids is 1. The molecule has 0 saturated carbocycles. The number of para-hydroxylation sites is 2. The summed E-state index contributed by atoms with van der Waals surface area (Å²) in [4.78, 5) is 18.2. The van der Waals surface area contributed by atoms with Gasteiger partial charge in [-0.05, 0) is 38.1 Å². The van der Waals surface area contributed by atoms with Crippen LogP contribution in [0.3, 0.4) is 0 Å². The predicted molar refractivity (Wildman–Crippen MR) is 125 cm³/mol. The molecular weight excluding hydrogens is 418 g/mol. The van der Waals surface area contributed by atoms with Gasteiger partial charge >= 0.3 is 0 Å². The SMILES string of the molecule is COc1ccccc1NC(=O)C1=C(C)Nc2nc(-c3ccccc3)nn2[C@H]1c1ccc(C)o1. The van der Waals surface area contributed by atoms with Crippen LogP contribution in [0.1, 0.15) is 24.5 Å². The predicted octanol–water partition coefficient (Wildman–Crippen LogP) is 4.78. The van der Waals surface area contributed by atoms with Gasteiger partial charge in [0.1, 0.15) is 23.3 Å². The van der Waals surface area contributed by atoms with Crippen LogP contribution in [0.4, 0.5) is 11.6 Å². The summed E-state index contributed by atoms with van der Waals surface area (Å²) in [7, 11) is 1.57. The van der Waals surface area contributed by atoms with Crippen molar-refractivity contribution >= 4 is 17.5 Å². The molecule has 2 aromatic carbocycles. The molecule has 0 bridgehead atoms. The quantitative estimate of drug-likeness (QED) is 0.463. The van der Waals surface area contributed by atoms with E-state index >= 15 is 0 Å². The Morgan fingerprint density at radius 1 is 1.06 bits per heavy atom. The van der Waals surface area contributed by atoms with E-state index in [1.165, 1.54) is 0 Å². The summed E-state index contributed by atoms with van der Waals surface area (Å²) in [5.74, 6) is 2.74. The van der Waals surface area contributed by atoms with Crippen molar-refractivity contribution in [1.82, 2.24) is 14.8 Å². The molecule has 1 aliphatic heterocycles. The number of hydrogen-bond acceptors (Lipinski definition) is 6. The van der Waals surface area contributed by atoms with Crippen molar-refractivity contribution in [3.63, 3.8) is 0 Å². The molecule has 3 heterocycles. The van der Waals surface area contributed by atoms with Crippen LogP contribution in [-0.4, -0.2) is 27.8 Å². The Morgan fingerprint density at radius 2 is 1.82 bits per heavy atom. The Bertz CT molecular complexity index is 1350. The zero-order chi connectivity index (χ0) is 22.9. The van der Waals surface area contributed by atoms with E-state index in [-0.39, 0.29) is 5.91 Å². The van der Waals surface area contributed by atoms with Gasteiger partial charge in [-0.1, -0.05) is 42.5 Å². The summed E-state index contributed by atoms with van der Waals surface area (Å²) in [5, 5.41) is 10.9. The van der Waals surface area contributed by atoms with Crippen LogP contribution in [0.2, 0.25) is 0 Å². The molecule has 1 aliphatic rings. The van der Waals surface area contributed by atoms with Gasteiger partial charge in [0.05, 0.1) is 18.4 Å². The number of methoxy groups -OCH3 is 1. The van der Waals surface area contributed by atoms with Crippen LogP contribution < -0.4 is 15.4 Å². The zero-order valence-corrected chi connectivity index (χ0v) is 18.5. The van der Waals surface area contributed by atoms with E-state index in [1.807, 2.05) is 68.4 Å². The molecule has 0 fully saturated rings. The topological polar surface area (TPSA) is 94.2 Å². The van der Waals surface area contributed by atoms with Crippen molar-refractivity contribution in [2.45, 2.75) is 19.9 Å². The fourth-order valence-corrected chi connectivity index (χ4v) is 3.96. The van der Waals surface area contributed by atoms with E-state index in [0.717, 1.165) is 11.3 Å². The van der Waals surface area contributed by atoms with Crippen molar-refractivity contribution in [3.8, 4) is 17.1 Å². The van der Waals surface area contributed by atoms with Crippen LogP contribution in [0, 0.1) is 6.92 Å². The number of allylic oxidation sites excluding steroid dienone is 1. The fourth-order valence-electron chi connectivity index (χ4n) is 3.96. The molecule has 0 aliphatic carbocycles. The number of rotatable bonds is 5. The number of carbonyl (C=O) groups is 1. The lowest BCUT2D eigenvalue weighted by Gasteiger charge is -2.27. The number of benzene rings is 2. The minimum Gasteiger partial charge on any atom is -0.495 e. The molecule has 33 heavy (non-hydrogen) atoms. The third-order valence-electron chi connectivity index (χ3n) is 5.52. The molecule has 8 nitrogen and oxygen atoms in total. The molecule has 8 heteroatoms. The minimum atomic E-state index is -0.588. The molecular formula is C25H23N5O3. The average Bonchev–Trinajstić information content (AvgIpc) is 3.45. The first-order valence-electron chi connectivity index (χ1n) is 10.6. The van der Waals surface area contributed by atoms with E-state index in [1.54, 1.807) is 23.9 Å². The maximum atomic E-state index is 13.6. The van der Waals surface area contributed by atoms with Crippen LogP contribution in [-0.2, 0) is 4.79 Å². The lowest BCUT2D eigenvalue weighted by molar-refractivity contribution is -0.113. The number of ether oxygens (including phenoxy) is 1. The number of nitrogens with zero attached hydrogens (tertiary/aromatic N) is 3. The third kappa shape index (κ3) is 3.76. The highest BCUT2D eigenvalue weighted by Crippen LogP contribution is 2.38. The number of nitrogens with one attached hydrogen (secondary N) is 2. The maximum absolute atomic E-state index is 13.6. The molecule has 0 unspecified atom stereocenters. The first kappa shape index (κ1) is 20.6. The smallest absolute Gasteiger partial charge is 0.256 e. The van der Waals surface area contributed by atoms with Crippen molar-refractivity contribution < 1.29 is 13.9 Å². The number of amides is 1. The summed E-state index contributed by atoms with van der Waals surface area (Å²) in [5.41, 5.74) is 2.61. The average molecular weight is 441 g/mol. The van der Waals surface area contributed by atoms with Gasteiger partial charge in [-0.25, -0.2) is 4.68 Å². The highest BCUT2D eigenvalue weighted by atomic mass is 16.5. The third-order valence-corrected chi connectivity index (χ3v) is 5.52. The largest absolute Gasteiger partial charge is 0.495 e. The van der Waals surface area contributed by atoms with Crippen LogP contribution in [0.5, 0.6) is 5.75 Å². The number of anilines is 2.